The number of carbonyl (C=O) groups excluding carboxylic acids is 1. The second-order valence-electron chi connectivity index (χ2n) is 6.60. The first-order valence-electron chi connectivity index (χ1n) is 9.50. The second kappa shape index (κ2) is 14.5. The second-order valence-corrected chi connectivity index (χ2v) is 6.60. The summed E-state index contributed by atoms with van der Waals surface area (Å²) in [6, 6.07) is 3.71. The molecule has 0 saturated carbocycles. The number of aryl methyl sites for hydroxylation is 1. The molecule has 0 aromatic carbocycles. The van der Waals surface area contributed by atoms with Gasteiger partial charge in [-0.25, -0.2) is 4.98 Å². The molecule has 1 aromatic heterocycles. The lowest BCUT2D eigenvalue weighted by molar-refractivity contribution is -0.116. The highest BCUT2D eigenvalue weighted by atomic mass is 127. The highest BCUT2D eigenvalue weighted by Gasteiger charge is 2.15. The predicted molar refractivity (Wildman–Crippen MR) is 121 cm³/mol. The molecule has 1 amide bonds. The normalized spacial score (nSPS) is 16.4. The molecule has 3 N–H and O–H groups in total. The maximum atomic E-state index is 11.9. The van der Waals surface area contributed by atoms with Crippen molar-refractivity contribution >= 4 is 41.7 Å². The fraction of sp³-hybridized carbons (Fsp3) is 0.632. The van der Waals surface area contributed by atoms with Crippen molar-refractivity contribution in [3.63, 3.8) is 0 Å². The third-order valence-electron chi connectivity index (χ3n) is 4.18. The van der Waals surface area contributed by atoms with Crippen LogP contribution < -0.4 is 16.0 Å². The van der Waals surface area contributed by atoms with Crippen molar-refractivity contribution in [2.45, 2.75) is 26.2 Å². The standard InChI is InChI=1S/C19H31N5O3.HI/c1-15-4-5-17(23-12-15)24-18(25)6-9-22-19(20-2)21-8-3-10-26-13-16-7-11-27-14-16;/h4-5,12,16H,3,6-11,13-14H2,1-2H3,(H2,20,21,22)(H,23,24,25);1H. The Morgan fingerprint density at radius 2 is 2.18 bits per heavy atom. The van der Waals surface area contributed by atoms with Gasteiger partial charge in [0.15, 0.2) is 5.96 Å². The number of anilines is 1. The van der Waals surface area contributed by atoms with Crippen LogP contribution in [0.1, 0.15) is 24.8 Å². The van der Waals surface area contributed by atoms with E-state index < -0.39 is 0 Å². The summed E-state index contributed by atoms with van der Waals surface area (Å²) in [7, 11) is 1.71. The van der Waals surface area contributed by atoms with Crippen LogP contribution in [0.3, 0.4) is 0 Å². The van der Waals surface area contributed by atoms with E-state index in [1.165, 1.54) is 0 Å². The van der Waals surface area contributed by atoms with Gasteiger partial charge in [0, 0.05) is 51.9 Å². The molecule has 1 unspecified atom stereocenters. The number of aromatic nitrogens is 1. The van der Waals surface area contributed by atoms with Gasteiger partial charge < -0.3 is 25.4 Å². The average Bonchev–Trinajstić information content (AvgIpc) is 3.18. The molecule has 1 saturated heterocycles. The number of halogens is 1. The largest absolute Gasteiger partial charge is 0.381 e. The first-order valence-corrected chi connectivity index (χ1v) is 9.50. The quantitative estimate of drug-likeness (QED) is 0.195. The Morgan fingerprint density at radius 3 is 2.86 bits per heavy atom. The highest BCUT2D eigenvalue weighted by molar-refractivity contribution is 14.0. The molecule has 0 radical (unpaired) electrons. The Morgan fingerprint density at radius 1 is 1.36 bits per heavy atom. The van der Waals surface area contributed by atoms with Crippen molar-refractivity contribution < 1.29 is 14.3 Å². The van der Waals surface area contributed by atoms with Crippen molar-refractivity contribution in [3.05, 3.63) is 23.9 Å². The highest BCUT2D eigenvalue weighted by Crippen LogP contribution is 2.12. The number of guanidine groups is 1. The van der Waals surface area contributed by atoms with Crippen molar-refractivity contribution in [2.24, 2.45) is 10.9 Å². The van der Waals surface area contributed by atoms with E-state index in [1.807, 2.05) is 13.0 Å². The summed E-state index contributed by atoms with van der Waals surface area (Å²) in [6.45, 7) is 6.39. The number of hydrogen-bond acceptors (Lipinski definition) is 5. The monoisotopic (exact) mass is 505 g/mol. The third-order valence-corrected chi connectivity index (χ3v) is 4.18. The van der Waals surface area contributed by atoms with E-state index >= 15 is 0 Å². The van der Waals surface area contributed by atoms with Crippen LogP contribution in [0, 0.1) is 12.8 Å². The number of ether oxygens (including phenoxy) is 2. The Labute approximate surface area is 184 Å². The van der Waals surface area contributed by atoms with Crippen LogP contribution in [-0.2, 0) is 14.3 Å². The maximum absolute atomic E-state index is 11.9. The first kappa shape index (κ1) is 24.6. The molecule has 1 aromatic rings. The van der Waals surface area contributed by atoms with Crippen LogP contribution in [-0.4, -0.2) is 63.4 Å². The summed E-state index contributed by atoms with van der Waals surface area (Å²) < 4.78 is 11.0. The Kier molecular flexibility index (Phi) is 12.8. The van der Waals surface area contributed by atoms with Gasteiger partial charge in [0.05, 0.1) is 13.2 Å². The first-order chi connectivity index (χ1) is 13.2. The number of hydrogen-bond donors (Lipinski definition) is 3. The van der Waals surface area contributed by atoms with Crippen LogP contribution >= 0.6 is 24.0 Å². The van der Waals surface area contributed by atoms with Gasteiger partial charge in [-0.3, -0.25) is 9.79 Å². The van der Waals surface area contributed by atoms with Gasteiger partial charge >= 0.3 is 0 Å². The minimum Gasteiger partial charge on any atom is -0.381 e. The minimum atomic E-state index is -0.0846. The smallest absolute Gasteiger partial charge is 0.227 e. The summed E-state index contributed by atoms with van der Waals surface area (Å²) in [5.41, 5.74) is 1.06. The van der Waals surface area contributed by atoms with E-state index in [1.54, 1.807) is 19.3 Å². The van der Waals surface area contributed by atoms with Gasteiger partial charge in [-0.2, -0.15) is 0 Å². The molecule has 1 fully saturated rings. The summed E-state index contributed by atoms with van der Waals surface area (Å²) in [5, 5.41) is 9.12. The van der Waals surface area contributed by atoms with Crippen LogP contribution in [0.15, 0.2) is 23.3 Å². The zero-order valence-corrected chi connectivity index (χ0v) is 19.0. The molecule has 9 heteroatoms. The number of aliphatic imine (C=N–C) groups is 1. The lowest BCUT2D eigenvalue weighted by Gasteiger charge is -2.12. The van der Waals surface area contributed by atoms with Crippen molar-refractivity contribution in [2.75, 3.05) is 51.9 Å². The molecule has 1 aliphatic heterocycles. The molecule has 1 aliphatic rings. The van der Waals surface area contributed by atoms with Gasteiger partial charge in [-0.05, 0) is 31.4 Å². The van der Waals surface area contributed by atoms with Crippen molar-refractivity contribution in [1.29, 1.82) is 0 Å². The Balaban J connectivity index is 0.00000392. The molecule has 0 aliphatic carbocycles. The predicted octanol–water partition coefficient (Wildman–Crippen LogP) is 1.94. The molecule has 0 bridgehead atoms. The number of amides is 1. The lowest BCUT2D eigenvalue weighted by atomic mass is 10.1. The summed E-state index contributed by atoms with van der Waals surface area (Å²) in [4.78, 5) is 20.2. The van der Waals surface area contributed by atoms with Crippen LogP contribution in [0.4, 0.5) is 5.82 Å². The number of nitrogens with one attached hydrogen (secondary N) is 3. The molecule has 0 spiro atoms. The fourth-order valence-electron chi connectivity index (χ4n) is 2.61. The van der Waals surface area contributed by atoms with E-state index in [0.717, 1.165) is 44.8 Å². The Bertz CT molecular complexity index is 592. The van der Waals surface area contributed by atoms with E-state index in [4.69, 9.17) is 9.47 Å². The summed E-state index contributed by atoms with van der Waals surface area (Å²) >= 11 is 0. The number of pyridine rings is 1. The average molecular weight is 505 g/mol. The summed E-state index contributed by atoms with van der Waals surface area (Å²) in [6.07, 6.45) is 4.06. The summed E-state index contributed by atoms with van der Waals surface area (Å²) in [5.74, 6) is 1.71. The van der Waals surface area contributed by atoms with E-state index in [2.05, 4.69) is 25.9 Å². The minimum absolute atomic E-state index is 0. The molecule has 28 heavy (non-hydrogen) atoms. The Hall–Kier alpha value is -1.46. The lowest BCUT2D eigenvalue weighted by Crippen LogP contribution is -2.39. The molecule has 2 heterocycles. The van der Waals surface area contributed by atoms with Crippen LogP contribution in [0.5, 0.6) is 0 Å². The molecule has 158 valence electrons. The van der Waals surface area contributed by atoms with Gasteiger partial charge in [0.1, 0.15) is 5.82 Å². The van der Waals surface area contributed by atoms with Gasteiger partial charge in [-0.15, -0.1) is 24.0 Å². The van der Waals surface area contributed by atoms with Crippen molar-refractivity contribution in [1.82, 2.24) is 15.6 Å². The van der Waals surface area contributed by atoms with Gasteiger partial charge in [-0.1, -0.05) is 6.07 Å². The molecule has 2 rings (SSSR count). The van der Waals surface area contributed by atoms with Crippen LogP contribution in [0.25, 0.3) is 0 Å². The molecular formula is C19H32IN5O3. The van der Waals surface area contributed by atoms with Crippen LogP contribution in [0.2, 0.25) is 0 Å². The number of nitrogens with zero attached hydrogens (tertiary/aromatic N) is 2. The van der Waals surface area contributed by atoms with E-state index in [9.17, 15) is 4.79 Å². The van der Waals surface area contributed by atoms with Crippen molar-refractivity contribution in [3.8, 4) is 0 Å². The zero-order chi connectivity index (χ0) is 19.3. The van der Waals surface area contributed by atoms with E-state index in [-0.39, 0.29) is 29.9 Å². The fourth-order valence-corrected chi connectivity index (χ4v) is 2.61. The zero-order valence-electron chi connectivity index (χ0n) is 16.7. The molecular weight excluding hydrogens is 473 g/mol. The van der Waals surface area contributed by atoms with Gasteiger partial charge in [0.25, 0.3) is 0 Å². The number of carbonyl (C=O) groups is 1. The van der Waals surface area contributed by atoms with E-state index in [0.29, 0.717) is 37.3 Å². The SMILES string of the molecule is CN=C(NCCCOCC1CCOC1)NCCC(=O)Nc1ccc(C)cn1.I. The maximum Gasteiger partial charge on any atom is 0.227 e. The molecule has 1 atom stereocenters. The number of rotatable bonds is 10. The third kappa shape index (κ3) is 10.2. The topological polar surface area (TPSA) is 96.9 Å². The molecule has 8 nitrogen and oxygen atoms in total. The van der Waals surface area contributed by atoms with Gasteiger partial charge in [0.2, 0.25) is 5.91 Å².